The topological polar surface area (TPSA) is 38.2 Å². The fourth-order valence-electron chi connectivity index (χ4n) is 1.76. The van der Waals surface area contributed by atoms with Gasteiger partial charge in [-0.15, -0.1) is 0 Å². The summed E-state index contributed by atoms with van der Waals surface area (Å²) in [7, 11) is 3.63. The van der Waals surface area contributed by atoms with Gasteiger partial charge in [0.1, 0.15) is 0 Å². The quantitative estimate of drug-likeness (QED) is 0.851. The number of aromatic nitrogens is 2. The van der Waals surface area contributed by atoms with Gasteiger partial charge in [0.15, 0.2) is 0 Å². The van der Waals surface area contributed by atoms with Crippen LogP contribution >= 0.6 is 15.9 Å². The Morgan fingerprint density at radius 2 is 2.31 bits per heavy atom. The predicted octanol–water partition coefficient (Wildman–Crippen LogP) is 2.34. The van der Waals surface area contributed by atoms with E-state index in [4.69, 9.17) is 4.74 Å². The molecule has 5 heteroatoms. The van der Waals surface area contributed by atoms with Crippen LogP contribution in [0.1, 0.15) is 13.3 Å². The van der Waals surface area contributed by atoms with Crippen molar-refractivity contribution in [3.05, 3.63) is 10.7 Å². The molecule has 2 rings (SSSR count). The second-order valence-electron chi connectivity index (χ2n) is 4.38. The van der Waals surface area contributed by atoms with Crippen LogP contribution in [0.4, 0.5) is 5.95 Å². The van der Waals surface area contributed by atoms with E-state index in [1.165, 1.54) is 6.42 Å². The maximum absolute atomic E-state index is 5.15. The highest BCUT2D eigenvalue weighted by Crippen LogP contribution is 2.38. The zero-order valence-corrected chi connectivity index (χ0v) is 11.4. The highest BCUT2D eigenvalue weighted by atomic mass is 79.9. The van der Waals surface area contributed by atoms with Crippen molar-refractivity contribution < 1.29 is 4.74 Å². The molecule has 88 valence electrons. The molecule has 0 spiro atoms. The van der Waals surface area contributed by atoms with Crippen LogP contribution in [0.5, 0.6) is 5.88 Å². The molecule has 1 fully saturated rings. The van der Waals surface area contributed by atoms with E-state index in [1.807, 2.05) is 7.05 Å². The van der Waals surface area contributed by atoms with Gasteiger partial charge in [-0.25, -0.2) is 4.98 Å². The van der Waals surface area contributed by atoms with Crippen molar-refractivity contribution in [3.63, 3.8) is 0 Å². The van der Waals surface area contributed by atoms with Crippen molar-refractivity contribution in [3.8, 4) is 5.88 Å². The lowest BCUT2D eigenvalue weighted by molar-refractivity contribution is 0.394. The van der Waals surface area contributed by atoms with E-state index in [0.717, 1.165) is 28.8 Å². The normalized spacial score (nSPS) is 23.0. The largest absolute Gasteiger partial charge is 0.480 e. The lowest BCUT2D eigenvalue weighted by atomic mass is 10.3. The SMILES string of the molecule is COc1nc(N(C)CC2CC2C)ncc1Br. The van der Waals surface area contributed by atoms with Gasteiger partial charge in [0.05, 0.1) is 17.8 Å². The van der Waals surface area contributed by atoms with Crippen molar-refractivity contribution >= 4 is 21.9 Å². The number of rotatable bonds is 4. The van der Waals surface area contributed by atoms with Gasteiger partial charge in [0.2, 0.25) is 11.8 Å². The predicted molar refractivity (Wildman–Crippen MR) is 66.8 cm³/mol. The Hall–Kier alpha value is -0.840. The average molecular weight is 286 g/mol. The summed E-state index contributed by atoms with van der Waals surface area (Å²) in [6.45, 7) is 3.30. The molecule has 1 aromatic rings. The van der Waals surface area contributed by atoms with E-state index in [2.05, 4.69) is 37.7 Å². The molecule has 16 heavy (non-hydrogen) atoms. The van der Waals surface area contributed by atoms with Gasteiger partial charge in [0.25, 0.3) is 0 Å². The van der Waals surface area contributed by atoms with E-state index in [-0.39, 0.29) is 0 Å². The molecule has 1 aromatic heterocycles. The van der Waals surface area contributed by atoms with Gasteiger partial charge < -0.3 is 9.64 Å². The molecule has 1 aliphatic carbocycles. The van der Waals surface area contributed by atoms with Crippen molar-refractivity contribution in [2.75, 3.05) is 25.6 Å². The molecule has 0 N–H and O–H groups in total. The molecule has 0 saturated heterocycles. The second kappa shape index (κ2) is 4.57. The second-order valence-corrected chi connectivity index (χ2v) is 5.24. The third-order valence-electron chi connectivity index (χ3n) is 3.02. The standard InChI is InChI=1S/C11H16BrN3O/c1-7-4-8(7)6-15(2)11-13-5-9(12)10(14-11)16-3/h5,7-8H,4,6H2,1-3H3. The fourth-order valence-corrected chi connectivity index (χ4v) is 2.11. The van der Waals surface area contributed by atoms with Gasteiger partial charge in [-0.1, -0.05) is 6.92 Å². The zero-order valence-electron chi connectivity index (χ0n) is 9.77. The summed E-state index contributed by atoms with van der Waals surface area (Å²) < 4.78 is 5.94. The Bertz CT molecular complexity index is 385. The summed E-state index contributed by atoms with van der Waals surface area (Å²) in [5, 5.41) is 0. The molecule has 2 unspecified atom stereocenters. The number of anilines is 1. The van der Waals surface area contributed by atoms with Gasteiger partial charge in [-0.3, -0.25) is 0 Å². The van der Waals surface area contributed by atoms with Gasteiger partial charge in [0, 0.05) is 13.6 Å². The Morgan fingerprint density at radius 1 is 1.62 bits per heavy atom. The van der Waals surface area contributed by atoms with Crippen molar-refractivity contribution in [2.45, 2.75) is 13.3 Å². The molecule has 1 aliphatic rings. The average Bonchev–Trinajstić information content (AvgIpc) is 2.94. The third kappa shape index (κ3) is 2.45. The minimum absolute atomic E-state index is 0.584. The zero-order chi connectivity index (χ0) is 11.7. The summed E-state index contributed by atoms with van der Waals surface area (Å²) in [4.78, 5) is 10.7. The van der Waals surface area contributed by atoms with Crippen molar-refractivity contribution in [2.24, 2.45) is 11.8 Å². The Kier molecular flexibility index (Phi) is 3.33. The van der Waals surface area contributed by atoms with Gasteiger partial charge >= 0.3 is 0 Å². The maximum Gasteiger partial charge on any atom is 0.232 e. The molecular weight excluding hydrogens is 270 g/mol. The minimum atomic E-state index is 0.584. The van der Waals surface area contributed by atoms with Crippen LogP contribution in [-0.2, 0) is 0 Å². The van der Waals surface area contributed by atoms with E-state index in [1.54, 1.807) is 13.3 Å². The fraction of sp³-hybridized carbons (Fsp3) is 0.636. The van der Waals surface area contributed by atoms with Crippen LogP contribution in [0.3, 0.4) is 0 Å². The van der Waals surface area contributed by atoms with Gasteiger partial charge in [-0.05, 0) is 34.2 Å². The smallest absolute Gasteiger partial charge is 0.232 e. The molecule has 1 saturated carbocycles. The number of ether oxygens (including phenoxy) is 1. The minimum Gasteiger partial charge on any atom is -0.480 e. The van der Waals surface area contributed by atoms with Crippen molar-refractivity contribution in [1.82, 2.24) is 9.97 Å². The van der Waals surface area contributed by atoms with Crippen LogP contribution in [-0.4, -0.2) is 30.7 Å². The first-order valence-electron chi connectivity index (χ1n) is 5.39. The van der Waals surface area contributed by atoms with Crippen molar-refractivity contribution in [1.29, 1.82) is 0 Å². The maximum atomic E-state index is 5.15. The number of nitrogens with zero attached hydrogens (tertiary/aromatic N) is 3. The highest BCUT2D eigenvalue weighted by Gasteiger charge is 2.33. The Morgan fingerprint density at radius 3 is 2.88 bits per heavy atom. The molecular formula is C11H16BrN3O. The number of hydrogen-bond donors (Lipinski definition) is 0. The molecule has 2 atom stereocenters. The molecule has 0 aliphatic heterocycles. The van der Waals surface area contributed by atoms with Crippen LogP contribution in [0, 0.1) is 11.8 Å². The van der Waals surface area contributed by atoms with Crippen LogP contribution < -0.4 is 9.64 Å². The molecule has 0 bridgehead atoms. The number of methoxy groups -OCH3 is 1. The van der Waals surface area contributed by atoms with E-state index >= 15 is 0 Å². The monoisotopic (exact) mass is 285 g/mol. The molecule has 0 amide bonds. The lowest BCUT2D eigenvalue weighted by Crippen LogP contribution is -2.22. The summed E-state index contributed by atoms with van der Waals surface area (Å²) in [5.41, 5.74) is 0. The van der Waals surface area contributed by atoms with Crippen LogP contribution in [0.15, 0.2) is 10.7 Å². The molecule has 1 heterocycles. The van der Waals surface area contributed by atoms with Gasteiger partial charge in [-0.2, -0.15) is 4.98 Å². The van der Waals surface area contributed by atoms with E-state index in [9.17, 15) is 0 Å². The first-order chi connectivity index (χ1) is 7.61. The molecule has 0 radical (unpaired) electrons. The summed E-state index contributed by atoms with van der Waals surface area (Å²) in [6.07, 6.45) is 3.05. The summed E-state index contributed by atoms with van der Waals surface area (Å²) >= 11 is 3.34. The first-order valence-corrected chi connectivity index (χ1v) is 6.18. The van der Waals surface area contributed by atoms with Crippen LogP contribution in [0.2, 0.25) is 0 Å². The Labute approximate surface area is 104 Å². The van der Waals surface area contributed by atoms with E-state index < -0.39 is 0 Å². The summed E-state index contributed by atoms with van der Waals surface area (Å²) in [6, 6.07) is 0. The highest BCUT2D eigenvalue weighted by molar-refractivity contribution is 9.10. The number of hydrogen-bond acceptors (Lipinski definition) is 4. The van der Waals surface area contributed by atoms with Crippen LogP contribution in [0.25, 0.3) is 0 Å². The molecule has 4 nitrogen and oxygen atoms in total. The third-order valence-corrected chi connectivity index (χ3v) is 3.56. The Balaban J connectivity index is 2.07. The van der Waals surface area contributed by atoms with E-state index in [0.29, 0.717) is 5.88 Å². The first kappa shape index (κ1) is 11.6. The number of halogens is 1. The molecule has 0 aromatic carbocycles. The lowest BCUT2D eigenvalue weighted by Gasteiger charge is -2.17. The summed E-state index contributed by atoms with van der Waals surface area (Å²) in [5.74, 6) is 2.95.